The zero-order chi connectivity index (χ0) is 18.0. The number of anilines is 1. The van der Waals surface area contributed by atoms with E-state index in [1.165, 1.54) is 0 Å². The van der Waals surface area contributed by atoms with Crippen LogP contribution in [-0.2, 0) is 9.53 Å². The van der Waals surface area contributed by atoms with E-state index in [0.717, 1.165) is 16.6 Å². The molecule has 0 bridgehead atoms. The number of pyridine rings is 1. The second-order valence-corrected chi connectivity index (χ2v) is 8.38. The molecule has 2 rings (SSSR count). The lowest BCUT2D eigenvalue weighted by Crippen LogP contribution is -2.39. The van der Waals surface area contributed by atoms with Crippen LogP contribution in [0.25, 0.3) is 10.9 Å². The molecular formula is C20H28N2O2. The third kappa shape index (κ3) is 5.22. The minimum absolute atomic E-state index is 0.00736. The molecule has 0 aliphatic carbocycles. The SMILES string of the molecule is CC(C)(C)C[C@@H](Nc1cccc2cccnc12)C(=O)OC(C)(C)C. The second-order valence-electron chi connectivity index (χ2n) is 8.38. The first-order valence-electron chi connectivity index (χ1n) is 8.38. The molecular weight excluding hydrogens is 300 g/mol. The van der Waals surface area contributed by atoms with Crippen molar-refractivity contribution in [2.45, 2.75) is 59.6 Å². The smallest absolute Gasteiger partial charge is 0.329 e. The van der Waals surface area contributed by atoms with Crippen molar-refractivity contribution >= 4 is 22.6 Å². The number of nitrogens with zero attached hydrogens (tertiary/aromatic N) is 1. The maximum atomic E-state index is 12.7. The molecule has 4 heteroatoms. The summed E-state index contributed by atoms with van der Waals surface area (Å²) in [5.41, 5.74) is 1.20. The highest BCUT2D eigenvalue weighted by Gasteiger charge is 2.29. The summed E-state index contributed by atoms with van der Waals surface area (Å²) in [6.07, 6.45) is 2.44. The molecule has 0 amide bonds. The Kier molecular flexibility index (Phi) is 5.16. The first-order valence-corrected chi connectivity index (χ1v) is 8.38. The number of hydrogen-bond donors (Lipinski definition) is 1. The van der Waals surface area contributed by atoms with E-state index in [4.69, 9.17) is 4.74 Å². The molecule has 0 aliphatic rings. The summed E-state index contributed by atoms with van der Waals surface area (Å²) in [6.45, 7) is 12.0. The predicted octanol–water partition coefficient (Wildman–Crippen LogP) is 4.79. The molecule has 0 spiro atoms. The Balaban J connectivity index is 2.31. The number of fused-ring (bicyclic) bond motifs is 1. The number of hydrogen-bond acceptors (Lipinski definition) is 4. The van der Waals surface area contributed by atoms with Gasteiger partial charge in [0.15, 0.2) is 0 Å². The average Bonchev–Trinajstić information content (AvgIpc) is 2.44. The van der Waals surface area contributed by atoms with Crippen LogP contribution in [0.3, 0.4) is 0 Å². The van der Waals surface area contributed by atoms with Crippen LogP contribution in [0.2, 0.25) is 0 Å². The maximum absolute atomic E-state index is 12.7. The number of nitrogens with one attached hydrogen (secondary N) is 1. The zero-order valence-electron chi connectivity index (χ0n) is 15.5. The van der Waals surface area contributed by atoms with Crippen molar-refractivity contribution in [3.63, 3.8) is 0 Å². The Morgan fingerprint density at radius 2 is 1.79 bits per heavy atom. The van der Waals surface area contributed by atoms with E-state index in [-0.39, 0.29) is 11.4 Å². The second kappa shape index (κ2) is 6.80. The zero-order valence-corrected chi connectivity index (χ0v) is 15.5. The summed E-state index contributed by atoms with van der Waals surface area (Å²) in [5.74, 6) is -0.231. The van der Waals surface area contributed by atoms with E-state index in [0.29, 0.717) is 6.42 Å². The Bertz CT molecular complexity index is 706. The van der Waals surface area contributed by atoms with Crippen molar-refractivity contribution in [2.75, 3.05) is 5.32 Å². The Labute approximate surface area is 144 Å². The molecule has 24 heavy (non-hydrogen) atoms. The summed E-state index contributed by atoms with van der Waals surface area (Å²) >= 11 is 0. The summed E-state index contributed by atoms with van der Waals surface area (Å²) in [7, 11) is 0. The van der Waals surface area contributed by atoms with Gasteiger partial charge in [-0.25, -0.2) is 4.79 Å². The van der Waals surface area contributed by atoms with Crippen LogP contribution in [0, 0.1) is 5.41 Å². The van der Waals surface area contributed by atoms with E-state index in [9.17, 15) is 4.79 Å². The van der Waals surface area contributed by atoms with Gasteiger partial charge in [-0.2, -0.15) is 0 Å². The highest BCUT2D eigenvalue weighted by atomic mass is 16.6. The molecule has 1 N–H and O–H groups in total. The molecule has 1 aromatic carbocycles. The van der Waals surface area contributed by atoms with Crippen molar-refractivity contribution in [2.24, 2.45) is 5.41 Å². The van der Waals surface area contributed by atoms with E-state index >= 15 is 0 Å². The predicted molar refractivity (Wildman–Crippen MR) is 99.1 cm³/mol. The highest BCUT2D eigenvalue weighted by molar-refractivity contribution is 5.92. The largest absolute Gasteiger partial charge is 0.458 e. The van der Waals surface area contributed by atoms with E-state index < -0.39 is 11.6 Å². The molecule has 0 fully saturated rings. The molecule has 130 valence electrons. The molecule has 0 saturated carbocycles. The fraction of sp³-hybridized carbons (Fsp3) is 0.500. The van der Waals surface area contributed by atoms with Gasteiger partial charge in [0.25, 0.3) is 0 Å². The fourth-order valence-corrected chi connectivity index (χ4v) is 2.59. The maximum Gasteiger partial charge on any atom is 0.329 e. The Morgan fingerprint density at radius 3 is 2.42 bits per heavy atom. The first-order chi connectivity index (χ1) is 11.1. The van der Waals surface area contributed by atoms with Crippen molar-refractivity contribution in [1.82, 2.24) is 4.98 Å². The van der Waals surface area contributed by atoms with Gasteiger partial charge in [0.1, 0.15) is 11.6 Å². The molecule has 1 aromatic heterocycles. The van der Waals surface area contributed by atoms with Gasteiger partial charge in [0, 0.05) is 11.6 Å². The van der Waals surface area contributed by atoms with Gasteiger partial charge < -0.3 is 10.1 Å². The van der Waals surface area contributed by atoms with E-state index in [1.807, 2.05) is 51.1 Å². The van der Waals surface area contributed by atoms with Crippen LogP contribution in [0.4, 0.5) is 5.69 Å². The van der Waals surface area contributed by atoms with Gasteiger partial charge in [-0.3, -0.25) is 4.98 Å². The standard InChI is InChI=1S/C20H28N2O2/c1-19(2,3)13-16(18(23)24-20(4,5)6)22-15-11-7-9-14-10-8-12-21-17(14)15/h7-12,16,22H,13H2,1-6H3/t16-/m1/s1. The normalized spacial score (nSPS) is 13.6. The number of carbonyl (C=O) groups is 1. The van der Waals surface area contributed by atoms with Gasteiger partial charge in [0.2, 0.25) is 0 Å². The molecule has 1 heterocycles. The molecule has 0 saturated heterocycles. The van der Waals surface area contributed by atoms with Gasteiger partial charge in [-0.15, -0.1) is 0 Å². The Hall–Kier alpha value is -2.10. The molecule has 0 aliphatic heterocycles. The summed E-state index contributed by atoms with van der Waals surface area (Å²) < 4.78 is 5.61. The number of benzene rings is 1. The topological polar surface area (TPSA) is 51.2 Å². The lowest BCUT2D eigenvalue weighted by molar-refractivity contribution is -0.156. The van der Waals surface area contributed by atoms with Gasteiger partial charge in [0.05, 0.1) is 11.2 Å². The number of rotatable bonds is 4. The van der Waals surface area contributed by atoms with Crippen molar-refractivity contribution in [1.29, 1.82) is 0 Å². The third-order valence-electron chi connectivity index (χ3n) is 3.47. The van der Waals surface area contributed by atoms with Crippen LogP contribution in [0.15, 0.2) is 36.5 Å². The minimum atomic E-state index is -0.508. The van der Waals surface area contributed by atoms with E-state index in [1.54, 1.807) is 6.20 Å². The van der Waals surface area contributed by atoms with Gasteiger partial charge >= 0.3 is 5.97 Å². The van der Waals surface area contributed by atoms with Crippen LogP contribution in [-0.4, -0.2) is 22.6 Å². The molecule has 4 nitrogen and oxygen atoms in total. The first kappa shape index (κ1) is 18.2. The summed E-state index contributed by atoms with van der Waals surface area (Å²) in [4.78, 5) is 17.1. The van der Waals surface area contributed by atoms with Crippen LogP contribution >= 0.6 is 0 Å². The number of esters is 1. The highest BCUT2D eigenvalue weighted by Crippen LogP contribution is 2.27. The Morgan fingerprint density at radius 1 is 1.12 bits per heavy atom. The van der Waals surface area contributed by atoms with Crippen molar-refractivity contribution in [3.05, 3.63) is 36.5 Å². The van der Waals surface area contributed by atoms with Crippen LogP contribution in [0.5, 0.6) is 0 Å². The van der Waals surface area contributed by atoms with Gasteiger partial charge in [-0.05, 0) is 44.7 Å². The number of carbonyl (C=O) groups excluding carboxylic acids is 1. The van der Waals surface area contributed by atoms with E-state index in [2.05, 4.69) is 31.1 Å². The number of ether oxygens (including phenoxy) is 1. The quantitative estimate of drug-likeness (QED) is 0.820. The minimum Gasteiger partial charge on any atom is -0.458 e. The van der Waals surface area contributed by atoms with Crippen LogP contribution < -0.4 is 5.32 Å². The molecule has 2 aromatic rings. The lowest BCUT2D eigenvalue weighted by atomic mass is 9.88. The molecule has 0 radical (unpaired) electrons. The van der Waals surface area contributed by atoms with Gasteiger partial charge in [-0.1, -0.05) is 39.0 Å². The number of aromatic nitrogens is 1. The third-order valence-corrected chi connectivity index (χ3v) is 3.47. The van der Waals surface area contributed by atoms with Crippen molar-refractivity contribution < 1.29 is 9.53 Å². The number of para-hydroxylation sites is 1. The summed E-state index contributed by atoms with van der Waals surface area (Å²) in [5, 5.41) is 4.41. The lowest BCUT2D eigenvalue weighted by Gasteiger charge is -2.29. The van der Waals surface area contributed by atoms with Crippen LogP contribution in [0.1, 0.15) is 48.0 Å². The average molecular weight is 328 g/mol. The molecule has 0 unspecified atom stereocenters. The monoisotopic (exact) mass is 328 g/mol. The molecule has 1 atom stereocenters. The fourth-order valence-electron chi connectivity index (χ4n) is 2.59. The summed E-state index contributed by atoms with van der Waals surface area (Å²) in [6, 6.07) is 9.44. The van der Waals surface area contributed by atoms with Crippen molar-refractivity contribution in [3.8, 4) is 0 Å².